The number of hydrogen-bond donors (Lipinski definition) is 0. The Balaban J connectivity index is 2.44. The van der Waals surface area contributed by atoms with E-state index in [1.165, 1.54) is 0 Å². The second-order valence-electron chi connectivity index (χ2n) is 3.70. The van der Waals surface area contributed by atoms with Gasteiger partial charge < -0.3 is 0 Å². The molecular weight excluding hydrogens is 467 g/mol. The largest absolute Gasteiger partial charge is 0.113 e. The van der Waals surface area contributed by atoms with Crippen molar-refractivity contribution >= 4 is 71.0 Å². The molecule has 0 aliphatic rings. The molecule has 1 atom stereocenters. The molecule has 18 heavy (non-hydrogen) atoms. The fourth-order valence-corrected chi connectivity index (χ4v) is 3.37. The van der Waals surface area contributed by atoms with Crippen LogP contribution in [0.25, 0.3) is 0 Å². The molecule has 5 heteroatoms. The van der Waals surface area contributed by atoms with Crippen LogP contribution in [0.4, 0.5) is 0 Å². The Morgan fingerprint density at radius 2 is 1.61 bits per heavy atom. The third-order valence-electron chi connectivity index (χ3n) is 2.47. The van der Waals surface area contributed by atoms with Crippen LogP contribution in [-0.2, 0) is 0 Å². The quantitative estimate of drug-likeness (QED) is 0.414. The molecule has 0 heterocycles. The fraction of sp³-hybridized carbons (Fsp3) is 0.0769. The first kappa shape index (κ1) is 14.9. The van der Waals surface area contributed by atoms with Crippen LogP contribution in [-0.4, -0.2) is 0 Å². The summed E-state index contributed by atoms with van der Waals surface area (Å²) < 4.78 is 2.83. The van der Waals surface area contributed by atoms with Gasteiger partial charge in [0.15, 0.2) is 0 Å². The highest BCUT2D eigenvalue weighted by molar-refractivity contribution is 9.11. The van der Waals surface area contributed by atoms with Crippen molar-refractivity contribution in [1.29, 1.82) is 0 Å². The first-order valence-corrected chi connectivity index (χ1v) is 8.22. The van der Waals surface area contributed by atoms with Gasteiger partial charge in [0.2, 0.25) is 0 Å². The zero-order valence-corrected chi connectivity index (χ0v) is 15.2. The molecule has 0 amide bonds. The van der Waals surface area contributed by atoms with Gasteiger partial charge in [-0.2, -0.15) is 0 Å². The molecule has 0 saturated carbocycles. The predicted octanol–water partition coefficient (Wildman–Crippen LogP) is 6.96. The minimum Gasteiger partial charge on any atom is -0.113 e. The molecule has 0 nitrogen and oxygen atoms in total. The van der Waals surface area contributed by atoms with Crippen molar-refractivity contribution in [2.75, 3.05) is 0 Å². The second kappa shape index (κ2) is 6.27. The lowest BCUT2D eigenvalue weighted by Crippen LogP contribution is -1.95. The summed E-state index contributed by atoms with van der Waals surface area (Å²) in [6.45, 7) is 0. The fourth-order valence-electron chi connectivity index (χ4n) is 1.56. The molecule has 0 aliphatic carbocycles. The predicted molar refractivity (Wildman–Crippen MR) is 88.7 cm³/mol. The summed E-state index contributed by atoms with van der Waals surface area (Å²) in [5.74, 6) is 0. The molecule has 94 valence electrons. The minimum absolute atomic E-state index is 0.231. The first-order chi connectivity index (χ1) is 8.49. The standard InChI is InChI=1S/C13H7Br3Cl2/c14-8-2-3-10(15)9(6-8)13(18)7-1-4-12(17)11(16)5-7/h1-6,13H. The Kier molecular flexibility index (Phi) is 5.18. The molecule has 2 aromatic carbocycles. The Hall–Kier alpha value is 0.460. The van der Waals surface area contributed by atoms with Gasteiger partial charge in [0.1, 0.15) is 0 Å². The number of benzene rings is 2. The van der Waals surface area contributed by atoms with E-state index in [4.69, 9.17) is 23.2 Å². The van der Waals surface area contributed by atoms with E-state index in [0.717, 1.165) is 24.5 Å². The average Bonchev–Trinajstić information content (AvgIpc) is 2.35. The number of halogens is 5. The summed E-state index contributed by atoms with van der Waals surface area (Å²) in [5.41, 5.74) is 2.01. The first-order valence-electron chi connectivity index (χ1n) is 5.03. The highest BCUT2D eigenvalue weighted by Gasteiger charge is 2.15. The highest BCUT2D eigenvalue weighted by Crippen LogP contribution is 2.37. The summed E-state index contributed by atoms with van der Waals surface area (Å²) in [4.78, 5) is 0. The van der Waals surface area contributed by atoms with Crippen LogP contribution in [0.2, 0.25) is 5.02 Å². The van der Waals surface area contributed by atoms with Crippen LogP contribution in [0.3, 0.4) is 0 Å². The highest BCUT2D eigenvalue weighted by atomic mass is 79.9. The summed E-state index contributed by atoms with van der Waals surface area (Å²) >= 11 is 22.9. The third kappa shape index (κ3) is 3.31. The molecule has 2 aromatic rings. The molecule has 1 unspecified atom stereocenters. The molecular formula is C13H7Br3Cl2. The second-order valence-corrected chi connectivity index (χ2v) is 7.17. The Labute approximate surface area is 141 Å². The Bertz CT molecular complexity index is 584. The van der Waals surface area contributed by atoms with Gasteiger partial charge in [-0.3, -0.25) is 0 Å². The summed E-state index contributed by atoms with van der Waals surface area (Å²) in [5, 5.41) is 0.446. The SMILES string of the molecule is Clc1ccc(C(Cl)c2cc(Br)ccc2Br)cc1Br. The van der Waals surface area contributed by atoms with Gasteiger partial charge in [0.05, 0.1) is 10.4 Å². The number of alkyl halides is 1. The van der Waals surface area contributed by atoms with Crippen LogP contribution >= 0.6 is 71.0 Å². The van der Waals surface area contributed by atoms with E-state index >= 15 is 0 Å². The van der Waals surface area contributed by atoms with Crippen LogP contribution in [0.15, 0.2) is 49.8 Å². The number of rotatable bonds is 2. The van der Waals surface area contributed by atoms with Crippen molar-refractivity contribution in [3.8, 4) is 0 Å². The lowest BCUT2D eigenvalue weighted by atomic mass is 10.0. The molecule has 0 aliphatic heterocycles. The van der Waals surface area contributed by atoms with Crippen molar-refractivity contribution in [1.82, 2.24) is 0 Å². The lowest BCUT2D eigenvalue weighted by Gasteiger charge is -2.13. The zero-order valence-electron chi connectivity index (χ0n) is 8.93. The maximum Gasteiger partial charge on any atom is 0.0847 e. The Morgan fingerprint density at radius 3 is 2.28 bits per heavy atom. The van der Waals surface area contributed by atoms with Gasteiger partial charge in [0, 0.05) is 13.4 Å². The monoisotopic (exact) mass is 470 g/mol. The van der Waals surface area contributed by atoms with Crippen LogP contribution < -0.4 is 0 Å². The van der Waals surface area contributed by atoms with Gasteiger partial charge in [-0.15, -0.1) is 11.6 Å². The van der Waals surface area contributed by atoms with Gasteiger partial charge in [-0.25, -0.2) is 0 Å². The van der Waals surface area contributed by atoms with Gasteiger partial charge in [-0.1, -0.05) is 49.5 Å². The van der Waals surface area contributed by atoms with E-state index in [9.17, 15) is 0 Å². The van der Waals surface area contributed by atoms with Crippen LogP contribution in [0.5, 0.6) is 0 Å². The van der Waals surface area contributed by atoms with Crippen molar-refractivity contribution in [2.24, 2.45) is 0 Å². The van der Waals surface area contributed by atoms with E-state index in [-0.39, 0.29) is 5.38 Å². The van der Waals surface area contributed by atoms with Gasteiger partial charge >= 0.3 is 0 Å². The maximum absolute atomic E-state index is 6.52. The van der Waals surface area contributed by atoms with Gasteiger partial charge in [0.25, 0.3) is 0 Å². The summed E-state index contributed by atoms with van der Waals surface area (Å²) in [6, 6.07) is 11.6. The molecule has 0 aromatic heterocycles. The van der Waals surface area contributed by atoms with Crippen LogP contribution in [0.1, 0.15) is 16.5 Å². The third-order valence-corrected chi connectivity index (χ3v) is 5.38. The Morgan fingerprint density at radius 1 is 0.889 bits per heavy atom. The summed E-state index contributed by atoms with van der Waals surface area (Å²) in [6.07, 6.45) is 0. The van der Waals surface area contributed by atoms with E-state index in [2.05, 4.69) is 47.8 Å². The minimum atomic E-state index is -0.231. The molecule has 0 radical (unpaired) electrons. The van der Waals surface area contributed by atoms with Crippen molar-refractivity contribution in [2.45, 2.75) is 5.38 Å². The lowest BCUT2D eigenvalue weighted by molar-refractivity contribution is 1.12. The summed E-state index contributed by atoms with van der Waals surface area (Å²) in [7, 11) is 0. The molecule has 0 saturated heterocycles. The van der Waals surface area contributed by atoms with Crippen molar-refractivity contribution in [3.63, 3.8) is 0 Å². The zero-order chi connectivity index (χ0) is 13.3. The van der Waals surface area contributed by atoms with E-state index in [0.29, 0.717) is 5.02 Å². The smallest absolute Gasteiger partial charge is 0.0847 e. The molecule has 2 rings (SSSR count). The molecule has 0 N–H and O–H groups in total. The average molecular weight is 474 g/mol. The normalized spacial score (nSPS) is 12.5. The van der Waals surface area contributed by atoms with E-state index < -0.39 is 0 Å². The molecule has 0 spiro atoms. The number of hydrogen-bond acceptors (Lipinski definition) is 0. The van der Waals surface area contributed by atoms with Crippen molar-refractivity contribution < 1.29 is 0 Å². The molecule has 0 bridgehead atoms. The topological polar surface area (TPSA) is 0 Å². The maximum atomic E-state index is 6.52. The van der Waals surface area contributed by atoms with E-state index in [1.807, 2.05) is 36.4 Å². The van der Waals surface area contributed by atoms with Gasteiger partial charge in [-0.05, 0) is 57.4 Å². The van der Waals surface area contributed by atoms with Crippen LogP contribution in [0, 0.1) is 0 Å². The van der Waals surface area contributed by atoms with Crippen molar-refractivity contribution in [3.05, 3.63) is 66.0 Å². The van der Waals surface area contributed by atoms with E-state index in [1.54, 1.807) is 0 Å². The molecule has 0 fully saturated rings.